The van der Waals surface area contributed by atoms with E-state index in [9.17, 15) is 29.1 Å². The van der Waals surface area contributed by atoms with E-state index in [4.69, 9.17) is 9.47 Å². The van der Waals surface area contributed by atoms with Gasteiger partial charge < -0.3 is 35.4 Å². The number of methoxy groups -OCH3 is 1. The minimum absolute atomic E-state index is 0.0183. The van der Waals surface area contributed by atoms with E-state index in [1.165, 1.54) is 7.11 Å². The number of piperidine rings is 1. The number of carbonyl (C=O) groups excluding carboxylic acids is 5. The number of ether oxygens (including phenoxy) is 2. The van der Waals surface area contributed by atoms with E-state index in [2.05, 4.69) is 16.0 Å². The molecule has 4 amide bonds. The first-order valence-corrected chi connectivity index (χ1v) is 14.5. The predicted molar refractivity (Wildman–Crippen MR) is 153 cm³/mol. The maximum atomic E-state index is 13.6. The third-order valence-electron chi connectivity index (χ3n) is 7.93. The number of hydrogen-bond donors (Lipinski definition) is 4. The summed E-state index contributed by atoms with van der Waals surface area (Å²) in [4.78, 5) is 66.2. The minimum atomic E-state index is -1.36. The first-order valence-electron chi connectivity index (χ1n) is 14.5. The van der Waals surface area contributed by atoms with Gasteiger partial charge in [0.1, 0.15) is 24.7 Å². The van der Waals surface area contributed by atoms with Crippen molar-refractivity contribution in [3.05, 3.63) is 35.9 Å². The average Bonchev–Trinajstić information content (AvgIpc) is 3.71. The van der Waals surface area contributed by atoms with E-state index in [1.807, 2.05) is 32.0 Å². The Balaban J connectivity index is 1.61. The van der Waals surface area contributed by atoms with Crippen molar-refractivity contribution in [2.45, 2.75) is 71.7 Å². The summed E-state index contributed by atoms with van der Waals surface area (Å²) in [6.07, 6.45) is 0.874. The van der Waals surface area contributed by atoms with Crippen LogP contribution in [0.25, 0.3) is 0 Å². The quantitative estimate of drug-likeness (QED) is 0.251. The molecule has 1 saturated heterocycles. The highest BCUT2D eigenvalue weighted by Crippen LogP contribution is 2.58. The van der Waals surface area contributed by atoms with Gasteiger partial charge in [0.25, 0.3) is 0 Å². The lowest BCUT2D eigenvalue weighted by Gasteiger charge is -2.35. The van der Waals surface area contributed by atoms with Gasteiger partial charge in [-0.2, -0.15) is 0 Å². The Kier molecular flexibility index (Phi) is 11.3. The lowest BCUT2D eigenvalue weighted by atomic mass is 9.95. The van der Waals surface area contributed by atoms with Crippen molar-refractivity contribution in [3.63, 3.8) is 0 Å². The van der Waals surface area contributed by atoms with E-state index in [0.29, 0.717) is 25.8 Å². The van der Waals surface area contributed by atoms with E-state index >= 15 is 0 Å². The Bertz CT molecular complexity index is 1130. The maximum absolute atomic E-state index is 13.6. The highest BCUT2D eigenvalue weighted by molar-refractivity contribution is 5.94. The molecule has 0 aromatic heterocycles. The summed E-state index contributed by atoms with van der Waals surface area (Å²) in [5.41, 5.74) is 0.0975. The van der Waals surface area contributed by atoms with Crippen LogP contribution in [0.3, 0.4) is 0 Å². The van der Waals surface area contributed by atoms with Crippen LogP contribution in [0, 0.1) is 23.2 Å². The van der Waals surface area contributed by atoms with Crippen LogP contribution >= 0.6 is 0 Å². The molecule has 4 N–H and O–H groups in total. The summed E-state index contributed by atoms with van der Waals surface area (Å²) in [6, 6.07) is 5.74. The van der Waals surface area contributed by atoms with Crippen LogP contribution in [-0.2, 0) is 35.3 Å². The van der Waals surface area contributed by atoms with Gasteiger partial charge >= 0.3 is 12.1 Å². The molecule has 0 radical (unpaired) electrons. The van der Waals surface area contributed by atoms with Crippen molar-refractivity contribution >= 4 is 29.8 Å². The molecule has 2 unspecified atom stereocenters. The fourth-order valence-electron chi connectivity index (χ4n) is 5.46. The Labute approximate surface area is 246 Å². The van der Waals surface area contributed by atoms with Crippen molar-refractivity contribution in [1.29, 1.82) is 0 Å². The lowest BCUT2D eigenvalue weighted by molar-refractivity contribution is -0.152. The molecule has 1 aliphatic heterocycles. The van der Waals surface area contributed by atoms with Gasteiger partial charge in [0.2, 0.25) is 17.7 Å². The van der Waals surface area contributed by atoms with Crippen LogP contribution in [0.2, 0.25) is 0 Å². The molecule has 232 valence electrons. The van der Waals surface area contributed by atoms with Gasteiger partial charge in [0.15, 0.2) is 0 Å². The summed E-state index contributed by atoms with van der Waals surface area (Å²) in [6.45, 7) is 7.26. The van der Waals surface area contributed by atoms with Crippen molar-refractivity contribution in [3.8, 4) is 0 Å². The molecule has 0 spiro atoms. The molecule has 0 bridgehead atoms. The highest BCUT2D eigenvalue weighted by atomic mass is 16.5. The zero-order valence-electron chi connectivity index (χ0n) is 25.1. The summed E-state index contributed by atoms with van der Waals surface area (Å²) in [5.74, 6) is -2.18. The Morgan fingerprint density at radius 2 is 1.67 bits per heavy atom. The van der Waals surface area contributed by atoms with Gasteiger partial charge in [0.05, 0.1) is 19.1 Å². The third-order valence-corrected chi connectivity index (χ3v) is 7.93. The van der Waals surface area contributed by atoms with E-state index in [-0.39, 0.29) is 42.8 Å². The Hall–Kier alpha value is -3.67. The zero-order valence-corrected chi connectivity index (χ0v) is 25.1. The van der Waals surface area contributed by atoms with Crippen molar-refractivity contribution < 1.29 is 38.6 Å². The summed E-state index contributed by atoms with van der Waals surface area (Å²) in [5, 5.41) is 17.7. The topological polar surface area (TPSA) is 163 Å². The molecule has 3 rings (SSSR count). The number of nitrogens with one attached hydrogen (secondary N) is 3. The van der Waals surface area contributed by atoms with Gasteiger partial charge in [-0.3, -0.25) is 19.2 Å². The predicted octanol–water partition coefficient (Wildman–Crippen LogP) is 1.36. The second-order valence-electron chi connectivity index (χ2n) is 12.0. The number of rotatable bonds is 13. The van der Waals surface area contributed by atoms with E-state index < -0.39 is 48.1 Å². The number of esters is 1. The van der Waals surface area contributed by atoms with Crippen LogP contribution in [0.15, 0.2) is 30.3 Å². The summed E-state index contributed by atoms with van der Waals surface area (Å²) < 4.78 is 10.2. The maximum Gasteiger partial charge on any atom is 0.408 e. The number of alkyl carbamates (subject to hydrolysis) is 1. The second kappa shape index (κ2) is 14.5. The van der Waals surface area contributed by atoms with E-state index in [1.54, 1.807) is 30.9 Å². The number of benzene rings is 1. The number of hydrogen-bond acceptors (Lipinski definition) is 8. The standard InChI is InChI=1S/C30H44N4O8/c1-18(2)13-22(27(38)34-12-11-21-14-30(21,17-34)28(39)41-5)31-25(36)23(15-35)32-26(37)24(19(3)4)33-29(40)42-16-20-9-7-6-8-10-20/h6-10,18-19,21-24,35H,11-17H2,1-5H3,(H,31,36)(H,32,37)(H,33,40)/t21?,22-,23-,24-,30?/m0/s1. The number of likely N-dealkylation sites (tertiary alicyclic amines) is 1. The molecular formula is C30H44N4O8. The number of nitrogens with zero attached hydrogens (tertiary/aromatic N) is 1. The molecule has 1 aliphatic carbocycles. The monoisotopic (exact) mass is 588 g/mol. The summed E-state index contributed by atoms with van der Waals surface area (Å²) >= 11 is 0. The second-order valence-corrected chi connectivity index (χ2v) is 12.0. The number of fused-ring (bicyclic) bond motifs is 1. The average molecular weight is 589 g/mol. The fraction of sp³-hybridized carbons (Fsp3) is 0.633. The first-order chi connectivity index (χ1) is 19.9. The van der Waals surface area contributed by atoms with Crippen molar-refractivity contribution in [2.24, 2.45) is 23.2 Å². The highest BCUT2D eigenvalue weighted by Gasteiger charge is 2.63. The van der Waals surface area contributed by atoms with Crippen LogP contribution in [0.4, 0.5) is 4.79 Å². The smallest absolute Gasteiger partial charge is 0.408 e. The Morgan fingerprint density at radius 3 is 2.26 bits per heavy atom. The fourth-order valence-corrected chi connectivity index (χ4v) is 5.46. The summed E-state index contributed by atoms with van der Waals surface area (Å²) in [7, 11) is 1.34. The molecule has 12 heteroatoms. The number of aliphatic hydroxyl groups is 1. The molecule has 42 heavy (non-hydrogen) atoms. The number of aliphatic hydroxyl groups excluding tert-OH is 1. The van der Waals surface area contributed by atoms with Gasteiger partial charge in [-0.15, -0.1) is 0 Å². The van der Waals surface area contributed by atoms with Crippen LogP contribution in [-0.4, -0.2) is 84.7 Å². The molecule has 2 fully saturated rings. The third kappa shape index (κ3) is 8.21. The number of amides is 4. The zero-order chi connectivity index (χ0) is 31.0. The Morgan fingerprint density at radius 1 is 1.00 bits per heavy atom. The SMILES string of the molecule is COC(=O)C12CC1CCN(C(=O)[C@H](CC(C)C)NC(=O)[C@H](CO)NC(=O)[C@@H](NC(=O)OCc1ccccc1)C(C)C)C2. The normalized spacial score (nSPS) is 21.4. The molecule has 1 saturated carbocycles. The van der Waals surface area contributed by atoms with Gasteiger partial charge in [0, 0.05) is 13.1 Å². The van der Waals surface area contributed by atoms with Crippen molar-refractivity contribution in [2.75, 3.05) is 26.8 Å². The largest absolute Gasteiger partial charge is 0.469 e. The van der Waals surface area contributed by atoms with Crippen LogP contribution in [0.1, 0.15) is 52.5 Å². The van der Waals surface area contributed by atoms with Crippen molar-refractivity contribution in [1.82, 2.24) is 20.9 Å². The molecule has 12 nitrogen and oxygen atoms in total. The molecule has 1 aromatic rings. The minimum Gasteiger partial charge on any atom is -0.469 e. The van der Waals surface area contributed by atoms with Gasteiger partial charge in [-0.25, -0.2) is 4.79 Å². The molecule has 5 atom stereocenters. The first kappa shape index (κ1) is 32.8. The van der Waals surface area contributed by atoms with E-state index in [0.717, 1.165) is 5.56 Å². The van der Waals surface area contributed by atoms with Gasteiger partial charge in [-0.05, 0) is 42.6 Å². The molecule has 2 aliphatic rings. The molecule has 1 heterocycles. The van der Waals surface area contributed by atoms with Crippen LogP contribution < -0.4 is 16.0 Å². The van der Waals surface area contributed by atoms with Crippen LogP contribution in [0.5, 0.6) is 0 Å². The molecule has 1 aromatic carbocycles. The van der Waals surface area contributed by atoms with Gasteiger partial charge in [-0.1, -0.05) is 58.0 Å². The lowest BCUT2D eigenvalue weighted by Crippen LogP contribution is -2.59. The molecular weight excluding hydrogens is 544 g/mol. The number of carbonyl (C=O) groups is 5.